The highest BCUT2D eigenvalue weighted by Crippen LogP contribution is 2.38. The molecule has 2 saturated carbocycles. The zero-order chi connectivity index (χ0) is 25.5. The predicted molar refractivity (Wildman–Crippen MR) is 142 cm³/mol. The Bertz CT molecular complexity index is 1150. The Labute approximate surface area is 218 Å². The fraction of sp³-hybridized carbons (Fsp3) is 0.593. The standard InChI is InChI=1S/C27H36N8O2/c1-32(2)26(37)22-15-19-16-29-27(31-24(19)35(22)20-5-3-4-6-20)30-23-10-9-21(17-28-23)33-11-13-34(14-12-33)25(36)18-7-8-18/h9-10,16-18,20,22H,3-8,11-15H2,1-2H3,(H,28,29,30,31). The van der Waals surface area contributed by atoms with E-state index in [0.29, 0.717) is 30.1 Å². The SMILES string of the molecule is CN(C)C(=O)C1Cc2cnc(Nc3ccc(N4CCN(C(=O)C5CC5)CC4)cn3)nc2N1C1CCCC1. The van der Waals surface area contributed by atoms with Crippen molar-refractivity contribution in [2.75, 3.05) is 55.4 Å². The third-order valence-electron chi connectivity index (χ3n) is 8.15. The number of aromatic nitrogens is 3. The average molecular weight is 505 g/mol. The first-order valence-electron chi connectivity index (χ1n) is 13.6. The molecule has 10 nitrogen and oxygen atoms in total. The van der Waals surface area contributed by atoms with Gasteiger partial charge in [0.1, 0.15) is 17.7 Å². The number of carbonyl (C=O) groups excluding carboxylic acids is 2. The molecule has 2 amide bonds. The molecule has 10 heteroatoms. The lowest BCUT2D eigenvalue weighted by Crippen LogP contribution is -2.49. The number of carbonyl (C=O) groups is 2. The molecule has 0 aromatic carbocycles. The Morgan fingerprint density at radius 1 is 0.973 bits per heavy atom. The number of hydrogen-bond acceptors (Lipinski definition) is 8. The number of anilines is 4. The zero-order valence-corrected chi connectivity index (χ0v) is 21.8. The van der Waals surface area contributed by atoms with Crippen LogP contribution in [0.15, 0.2) is 24.5 Å². The number of amides is 2. The first-order valence-corrected chi connectivity index (χ1v) is 13.6. The number of pyridine rings is 1. The lowest BCUT2D eigenvalue weighted by Gasteiger charge is -2.36. The van der Waals surface area contributed by atoms with Crippen molar-refractivity contribution in [3.63, 3.8) is 0 Å². The van der Waals surface area contributed by atoms with Gasteiger partial charge in [0.2, 0.25) is 17.8 Å². The summed E-state index contributed by atoms with van der Waals surface area (Å²) in [5, 5.41) is 3.26. The maximum Gasteiger partial charge on any atom is 0.245 e. The van der Waals surface area contributed by atoms with Crippen LogP contribution in [0, 0.1) is 5.92 Å². The molecule has 1 atom stereocenters. The number of nitrogens with one attached hydrogen (secondary N) is 1. The first-order chi connectivity index (χ1) is 18.0. The molecule has 4 heterocycles. The summed E-state index contributed by atoms with van der Waals surface area (Å²) in [6.45, 7) is 3.19. The van der Waals surface area contributed by atoms with E-state index in [1.807, 2.05) is 37.5 Å². The summed E-state index contributed by atoms with van der Waals surface area (Å²) in [6.07, 6.45) is 11.0. The summed E-state index contributed by atoms with van der Waals surface area (Å²) in [4.78, 5) is 47.6. The second-order valence-corrected chi connectivity index (χ2v) is 11.0. The van der Waals surface area contributed by atoms with Crippen LogP contribution in [0.5, 0.6) is 0 Å². The number of fused-ring (bicyclic) bond motifs is 1. The topological polar surface area (TPSA) is 97.8 Å². The van der Waals surface area contributed by atoms with Crippen LogP contribution < -0.4 is 15.1 Å². The Kier molecular flexibility index (Phi) is 6.34. The van der Waals surface area contributed by atoms with E-state index >= 15 is 0 Å². The molecule has 1 unspecified atom stereocenters. The highest BCUT2D eigenvalue weighted by atomic mass is 16.2. The minimum atomic E-state index is -0.213. The Morgan fingerprint density at radius 2 is 1.73 bits per heavy atom. The molecule has 196 valence electrons. The molecule has 0 bridgehead atoms. The second-order valence-electron chi connectivity index (χ2n) is 11.0. The van der Waals surface area contributed by atoms with E-state index in [4.69, 9.17) is 4.98 Å². The highest BCUT2D eigenvalue weighted by molar-refractivity contribution is 5.87. The van der Waals surface area contributed by atoms with Gasteiger partial charge in [-0.05, 0) is 37.8 Å². The molecule has 1 N–H and O–H groups in total. The summed E-state index contributed by atoms with van der Waals surface area (Å²) in [6, 6.07) is 4.13. The lowest BCUT2D eigenvalue weighted by molar-refractivity contribution is -0.133. The van der Waals surface area contributed by atoms with E-state index in [1.165, 1.54) is 12.8 Å². The van der Waals surface area contributed by atoms with E-state index < -0.39 is 0 Å². The van der Waals surface area contributed by atoms with Crippen LogP contribution >= 0.6 is 0 Å². The number of rotatable bonds is 6. The van der Waals surface area contributed by atoms with Crippen LogP contribution in [0.1, 0.15) is 44.1 Å². The molecule has 1 saturated heterocycles. The first kappa shape index (κ1) is 23.9. The van der Waals surface area contributed by atoms with Gasteiger partial charge in [0.15, 0.2) is 0 Å². The number of hydrogen-bond donors (Lipinski definition) is 1. The average Bonchev–Trinajstić information content (AvgIpc) is 3.50. The monoisotopic (exact) mass is 504 g/mol. The summed E-state index contributed by atoms with van der Waals surface area (Å²) in [7, 11) is 3.64. The van der Waals surface area contributed by atoms with E-state index in [9.17, 15) is 9.59 Å². The molecular formula is C27H36N8O2. The van der Waals surface area contributed by atoms with Crippen molar-refractivity contribution in [2.45, 2.75) is 57.0 Å². The Hall–Kier alpha value is -3.43. The smallest absolute Gasteiger partial charge is 0.245 e. The zero-order valence-electron chi connectivity index (χ0n) is 21.8. The fourth-order valence-corrected chi connectivity index (χ4v) is 5.93. The van der Waals surface area contributed by atoms with Crippen LogP contribution in [0.4, 0.5) is 23.3 Å². The molecule has 37 heavy (non-hydrogen) atoms. The Balaban J connectivity index is 1.13. The molecule has 4 aliphatic rings. The second kappa shape index (κ2) is 9.79. The summed E-state index contributed by atoms with van der Waals surface area (Å²) < 4.78 is 0. The number of piperazine rings is 1. The maximum atomic E-state index is 13.0. The van der Waals surface area contributed by atoms with Crippen LogP contribution in [-0.4, -0.2) is 88.9 Å². The lowest BCUT2D eigenvalue weighted by atomic mass is 10.1. The maximum absolute atomic E-state index is 13.0. The van der Waals surface area contributed by atoms with Gasteiger partial charge in [-0.3, -0.25) is 9.59 Å². The molecule has 2 aromatic rings. The minimum absolute atomic E-state index is 0.120. The molecule has 3 fully saturated rings. The van der Waals surface area contributed by atoms with Gasteiger partial charge in [-0.2, -0.15) is 4.98 Å². The molecule has 0 spiro atoms. The number of nitrogens with zero attached hydrogens (tertiary/aromatic N) is 7. The van der Waals surface area contributed by atoms with Crippen molar-refractivity contribution in [1.29, 1.82) is 0 Å². The van der Waals surface area contributed by atoms with Crippen LogP contribution in [-0.2, 0) is 16.0 Å². The van der Waals surface area contributed by atoms with Crippen molar-refractivity contribution in [3.8, 4) is 0 Å². The predicted octanol–water partition coefficient (Wildman–Crippen LogP) is 2.44. The van der Waals surface area contributed by atoms with Crippen molar-refractivity contribution in [1.82, 2.24) is 24.8 Å². The fourth-order valence-electron chi connectivity index (χ4n) is 5.93. The van der Waals surface area contributed by atoms with Gasteiger partial charge in [0.25, 0.3) is 0 Å². The minimum Gasteiger partial charge on any atom is -0.367 e. The van der Waals surface area contributed by atoms with Gasteiger partial charge < -0.3 is 24.9 Å². The van der Waals surface area contributed by atoms with E-state index in [2.05, 4.69) is 31.2 Å². The van der Waals surface area contributed by atoms with Gasteiger partial charge in [0, 0.05) is 70.4 Å². The molecule has 6 rings (SSSR count). The van der Waals surface area contributed by atoms with Gasteiger partial charge in [-0.15, -0.1) is 0 Å². The summed E-state index contributed by atoms with van der Waals surface area (Å²) in [5.74, 6) is 2.78. The third kappa shape index (κ3) is 4.81. The largest absolute Gasteiger partial charge is 0.367 e. The van der Waals surface area contributed by atoms with Crippen molar-refractivity contribution in [3.05, 3.63) is 30.1 Å². The van der Waals surface area contributed by atoms with E-state index in [0.717, 1.165) is 68.9 Å². The van der Waals surface area contributed by atoms with Crippen LogP contribution in [0.25, 0.3) is 0 Å². The Morgan fingerprint density at radius 3 is 2.38 bits per heavy atom. The van der Waals surface area contributed by atoms with Crippen molar-refractivity contribution >= 4 is 35.1 Å². The van der Waals surface area contributed by atoms with Crippen molar-refractivity contribution < 1.29 is 9.59 Å². The van der Waals surface area contributed by atoms with Crippen molar-refractivity contribution in [2.24, 2.45) is 5.92 Å². The van der Waals surface area contributed by atoms with E-state index in [-0.39, 0.29) is 17.9 Å². The molecular weight excluding hydrogens is 468 g/mol. The van der Waals surface area contributed by atoms with Gasteiger partial charge in [0.05, 0.1) is 11.9 Å². The quantitative estimate of drug-likeness (QED) is 0.641. The number of likely N-dealkylation sites (N-methyl/N-ethyl adjacent to an activating group) is 1. The summed E-state index contributed by atoms with van der Waals surface area (Å²) in [5.41, 5.74) is 2.08. The van der Waals surface area contributed by atoms with Gasteiger partial charge in [-0.25, -0.2) is 9.97 Å². The van der Waals surface area contributed by atoms with E-state index in [1.54, 1.807) is 4.90 Å². The van der Waals surface area contributed by atoms with Gasteiger partial charge >= 0.3 is 0 Å². The summed E-state index contributed by atoms with van der Waals surface area (Å²) >= 11 is 0. The third-order valence-corrected chi connectivity index (χ3v) is 8.15. The molecule has 0 radical (unpaired) electrons. The molecule has 2 aromatic heterocycles. The van der Waals surface area contributed by atoms with Crippen LogP contribution in [0.3, 0.4) is 0 Å². The molecule has 2 aliphatic heterocycles. The van der Waals surface area contributed by atoms with Crippen LogP contribution in [0.2, 0.25) is 0 Å². The van der Waals surface area contributed by atoms with Gasteiger partial charge in [-0.1, -0.05) is 12.8 Å². The normalized spacial score (nSPS) is 21.8. The molecule has 2 aliphatic carbocycles. The highest BCUT2D eigenvalue weighted by Gasteiger charge is 2.41.